The molecule has 0 aliphatic carbocycles. The second-order valence-electron chi connectivity index (χ2n) is 4.67. The van der Waals surface area contributed by atoms with Gasteiger partial charge in [0.1, 0.15) is 5.75 Å². The lowest BCUT2D eigenvalue weighted by molar-refractivity contribution is -0.185. The molecule has 5 nitrogen and oxygen atoms in total. The predicted molar refractivity (Wildman–Crippen MR) is 75.1 cm³/mol. The monoisotopic (exact) mass is 313 g/mol. The molecule has 1 aliphatic rings. The highest BCUT2D eigenvalue weighted by Crippen LogP contribution is 2.39. The zero-order chi connectivity index (χ0) is 16.5. The Morgan fingerprint density at radius 2 is 2.05 bits per heavy atom. The van der Waals surface area contributed by atoms with Gasteiger partial charge in [0, 0.05) is 5.56 Å². The number of carbonyl (C=O) groups is 1. The number of alkyl halides is 3. The normalized spacial score (nSPS) is 17.1. The van der Waals surface area contributed by atoms with Gasteiger partial charge in [0.05, 0.1) is 5.57 Å². The van der Waals surface area contributed by atoms with Crippen LogP contribution in [-0.2, 0) is 11.2 Å². The van der Waals surface area contributed by atoms with E-state index in [1.807, 2.05) is 0 Å². The number of amides is 1. The van der Waals surface area contributed by atoms with Gasteiger partial charge in [-0.2, -0.15) is 18.2 Å². The third-order valence-electron chi connectivity index (χ3n) is 3.11. The van der Waals surface area contributed by atoms with E-state index >= 15 is 0 Å². The molecule has 118 valence electrons. The van der Waals surface area contributed by atoms with Gasteiger partial charge in [-0.1, -0.05) is 25.1 Å². The molecule has 1 unspecified atom stereocenters. The molecule has 2 rings (SSSR count). The van der Waals surface area contributed by atoms with E-state index in [2.05, 4.69) is 4.99 Å². The van der Waals surface area contributed by atoms with E-state index < -0.39 is 29.7 Å². The highest BCUT2D eigenvalue weighted by atomic mass is 19.4. The summed E-state index contributed by atoms with van der Waals surface area (Å²) in [5.74, 6) is -1.66. The number of para-hydroxylation sites is 1. The number of aryl methyl sites for hydroxylation is 1. The molecule has 0 radical (unpaired) electrons. The molecule has 1 heterocycles. The molecule has 0 aromatic heterocycles. The number of halogens is 3. The van der Waals surface area contributed by atoms with Crippen molar-refractivity contribution in [1.82, 2.24) is 0 Å². The van der Waals surface area contributed by atoms with Crippen molar-refractivity contribution >= 4 is 17.9 Å². The highest BCUT2D eigenvalue weighted by Gasteiger charge is 2.48. The summed E-state index contributed by atoms with van der Waals surface area (Å²) in [5, 5.41) is 0. The molecule has 1 aliphatic heterocycles. The van der Waals surface area contributed by atoms with Crippen molar-refractivity contribution in [2.45, 2.75) is 25.6 Å². The third kappa shape index (κ3) is 3.05. The van der Waals surface area contributed by atoms with Crippen LogP contribution in [0.15, 0.2) is 28.8 Å². The standard InChI is InChI=1S/C14H14F3N3O2/c1-2-7-4-3-5-8-6-9(12(21)20-13(18)19)11(14(15,16)17)22-10(7)8/h3-6,11H,2H2,1H3,(H4,18,19,20,21). The van der Waals surface area contributed by atoms with E-state index in [-0.39, 0.29) is 5.75 Å². The fourth-order valence-corrected chi connectivity index (χ4v) is 2.16. The Kier molecular flexibility index (Phi) is 4.11. The molecule has 1 aromatic rings. The summed E-state index contributed by atoms with van der Waals surface area (Å²) in [4.78, 5) is 15.0. The molecule has 0 saturated heterocycles. The molecule has 22 heavy (non-hydrogen) atoms. The Labute approximate surface area is 124 Å². The van der Waals surface area contributed by atoms with Gasteiger partial charge >= 0.3 is 6.18 Å². The van der Waals surface area contributed by atoms with E-state index in [0.717, 1.165) is 6.08 Å². The summed E-state index contributed by atoms with van der Waals surface area (Å²) in [5.41, 5.74) is 10.5. The van der Waals surface area contributed by atoms with Crippen molar-refractivity contribution < 1.29 is 22.7 Å². The number of benzene rings is 1. The van der Waals surface area contributed by atoms with Crippen molar-refractivity contribution in [1.29, 1.82) is 0 Å². The van der Waals surface area contributed by atoms with Crippen molar-refractivity contribution in [3.8, 4) is 5.75 Å². The van der Waals surface area contributed by atoms with Crippen molar-refractivity contribution in [3.63, 3.8) is 0 Å². The zero-order valence-corrected chi connectivity index (χ0v) is 11.6. The first-order valence-corrected chi connectivity index (χ1v) is 6.44. The number of carbonyl (C=O) groups excluding carboxylic acids is 1. The second kappa shape index (κ2) is 5.70. The molecule has 1 amide bonds. The van der Waals surface area contributed by atoms with Crippen LogP contribution in [0.3, 0.4) is 0 Å². The summed E-state index contributed by atoms with van der Waals surface area (Å²) in [7, 11) is 0. The van der Waals surface area contributed by atoms with Gasteiger partial charge in [-0.3, -0.25) is 4.79 Å². The number of rotatable bonds is 2. The van der Waals surface area contributed by atoms with Gasteiger partial charge in [-0.05, 0) is 18.1 Å². The Morgan fingerprint density at radius 3 is 2.59 bits per heavy atom. The lowest BCUT2D eigenvalue weighted by Crippen LogP contribution is -2.40. The van der Waals surface area contributed by atoms with E-state index in [9.17, 15) is 18.0 Å². The topological polar surface area (TPSA) is 90.7 Å². The molecular weight excluding hydrogens is 299 g/mol. The minimum Gasteiger partial charge on any atom is -0.475 e. The van der Waals surface area contributed by atoms with E-state index in [1.165, 1.54) is 0 Å². The summed E-state index contributed by atoms with van der Waals surface area (Å²) in [6, 6.07) is 4.90. The van der Waals surface area contributed by atoms with Gasteiger partial charge < -0.3 is 16.2 Å². The predicted octanol–water partition coefficient (Wildman–Crippen LogP) is 1.76. The minimum atomic E-state index is -4.76. The van der Waals surface area contributed by atoms with Gasteiger partial charge in [-0.15, -0.1) is 0 Å². The maximum atomic E-state index is 13.2. The van der Waals surface area contributed by atoms with Crippen LogP contribution in [-0.4, -0.2) is 24.1 Å². The molecule has 0 bridgehead atoms. The average Bonchev–Trinajstić information content (AvgIpc) is 2.43. The summed E-state index contributed by atoms with van der Waals surface area (Å²) < 4.78 is 44.6. The number of ether oxygens (including phenoxy) is 1. The lowest BCUT2D eigenvalue weighted by atomic mass is 9.97. The molecule has 0 saturated carbocycles. The van der Waals surface area contributed by atoms with Crippen LogP contribution >= 0.6 is 0 Å². The average molecular weight is 313 g/mol. The smallest absolute Gasteiger partial charge is 0.429 e. The Bertz CT molecular complexity index is 662. The third-order valence-corrected chi connectivity index (χ3v) is 3.11. The van der Waals surface area contributed by atoms with Crippen molar-refractivity contribution in [3.05, 3.63) is 34.9 Å². The van der Waals surface area contributed by atoms with Crippen molar-refractivity contribution in [2.24, 2.45) is 16.5 Å². The minimum absolute atomic E-state index is 0.119. The Hall–Kier alpha value is -2.51. The van der Waals surface area contributed by atoms with Crippen LogP contribution in [0.25, 0.3) is 6.08 Å². The van der Waals surface area contributed by atoms with Gasteiger partial charge in [-0.25, -0.2) is 0 Å². The highest BCUT2D eigenvalue weighted by molar-refractivity contribution is 6.05. The van der Waals surface area contributed by atoms with E-state index in [4.69, 9.17) is 16.2 Å². The van der Waals surface area contributed by atoms with Crippen molar-refractivity contribution in [2.75, 3.05) is 0 Å². The first kappa shape index (κ1) is 15.9. The lowest BCUT2D eigenvalue weighted by Gasteiger charge is -2.28. The maximum absolute atomic E-state index is 13.2. The van der Waals surface area contributed by atoms with Crippen LogP contribution in [0.1, 0.15) is 18.1 Å². The van der Waals surface area contributed by atoms with Crippen LogP contribution in [0, 0.1) is 0 Å². The molecule has 0 fully saturated rings. The number of hydrogen-bond donors (Lipinski definition) is 2. The number of nitrogens with zero attached hydrogens (tertiary/aromatic N) is 1. The number of hydrogen-bond acceptors (Lipinski definition) is 2. The van der Waals surface area contributed by atoms with Crippen LogP contribution in [0.5, 0.6) is 5.75 Å². The largest absolute Gasteiger partial charge is 0.475 e. The SMILES string of the molecule is CCc1cccc2c1OC(C(F)(F)F)C(C(=O)N=C(N)N)=C2. The fraction of sp³-hybridized carbons (Fsp3) is 0.286. The molecule has 1 atom stereocenters. The van der Waals surface area contributed by atoms with Crippen LogP contribution in [0.2, 0.25) is 0 Å². The Balaban J connectivity index is 2.58. The summed E-state index contributed by atoms with van der Waals surface area (Å²) in [6.45, 7) is 1.80. The molecule has 8 heteroatoms. The quantitative estimate of drug-likeness (QED) is 0.643. The first-order chi connectivity index (χ1) is 10.2. The van der Waals surface area contributed by atoms with Crippen LogP contribution in [0.4, 0.5) is 13.2 Å². The first-order valence-electron chi connectivity index (χ1n) is 6.44. The zero-order valence-electron chi connectivity index (χ0n) is 11.6. The fourth-order valence-electron chi connectivity index (χ4n) is 2.16. The van der Waals surface area contributed by atoms with Gasteiger partial charge in [0.15, 0.2) is 5.96 Å². The van der Waals surface area contributed by atoms with Gasteiger partial charge in [0.2, 0.25) is 6.10 Å². The molecule has 1 aromatic carbocycles. The van der Waals surface area contributed by atoms with E-state index in [0.29, 0.717) is 17.5 Å². The molecule has 0 spiro atoms. The number of aliphatic imine (C=N–C) groups is 1. The molecular formula is C14H14F3N3O2. The van der Waals surface area contributed by atoms with Gasteiger partial charge in [0.25, 0.3) is 5.91 Å². The maximum Gasteiger partial charge on any atom is 0.429 e. The van der Waals surface area contributed by atoms with Crippen LogP contribution < -0.4 is 16.2 Å². The molecule has 4 N–H and O–H groups in total. The number of nitrogens with two attached hydrogens (primary N) is 2. The Morgan fingerprint density at radius 1 is 1.36 bits per heavy atom. The second-order valence-corrected chi connectivity index (χ2v) is 4.67. The number of guanidine groups is 1. The summed E-state index contributed by atoms with van der Waals surface area (Å²) >= 11 is 0. The summed E-state index contributed by atoms with van der Waals surface area (Å²) in [6.07, 6.45) is -5.55. The van der Waals surface area contributed by atoms with E-state index in [1.54, 1.807) is 25.1 Å². The number of fused-ring (bicyclic) bond motifs is 1.